The Morgan fingerprint density at radius 2 is 1.81 bits per heavy atom. The lowest BCUT2D eigenvalue weighted by atomic mass is 10.0. The van der Waals surface area contributed by atoms with Crippen LogP contribution in [0.2, 0.25) is 0 Å². The van der Waals surface area contributed by atoms with Crippen LogP contribution in [0.3, 0.4) is 0 Å². The topological polar surface area (TPSA) is 75.3 Å². The van der Waals surface area contributed by atoms with Crippen molar-refractivity contribution >= 4 is 21.6 Å². The molecule has 0 saturated heterocycles. The van der Waals surface area contributed by atoms with E-state index in [4.69, 9.17) is 0 Å². The average molecular weight is 370 g/mol. The van der Waals surface area contributed by atoms with Gasteiger partial charge in [0.05, 0.1) is 4.90 Å². The van der Waals surface area contributed by atoms with Crippen molar-refractivity contribution in [3.8, 4) is 0 Å². The molecular weight excluding hydrogens is 348 g/mol. The number of aryl methyl sites for hydroxylation is 2. The minimum atomic E-state index is -3.63. The zero-order valence-corrected chi connectivity index (χ0v) is 15.5. The molecule has 2 N–H and O–H groups in total. The first-order valence-electron chi connectivity index (χ1n) is 8.94. The van der Waals surface area contributed by atoms with E-state index in [-0.39, 0.29) is 16.8 Å². The van der Waals surface area contributed by atoms with Crippen molar-refractivity contribution in [2.75, 3.05) is 5.32 Å². The van der Waals surface area contributed by atoms with E-state index in [1.54, 1.807) is 18.2 Å². The third-order valence-electron chi connectivity index (χ3n) is 5.09. The number of nitrogens with one attached hydrogen (secondary N) is 2. The number of carbonyl (C=O) groups is 1. The van der Waals surface area contributed by atoms with Crippen molar-refractivity contribution in [1.82, 2.24) is 4.72 Å². The van der Waals surface area contributed by atoms with E-state index in [2.05, 4.69) is 10.0 Å². The zero-order valence-electron chi connectivity index (χ0n) is 14.7. The maximum Gasteiger partial charge on any atom is 0.241 e. The molecular formula is C20H22N2O3S. The fourth-order valence-electron chi connectivity index (χ4n) is 3.40. The van der Waals surface area contributed by atoms with Crippen LogP contribution < -0.4 is 10.0 Å². The van der Waals surface area contributed by atoms with Crippen molar-refractivity contribution in [1.29, 1.82) is 0 Å². The molecule has 1 saturated carbocycles. The molecule has 1 heterocycles. The third-order valence-corrected chi connectivity index (χ3v) is 6.53. The largest absolute Gasteiger partial charge is 0.326 e. The first kappa shape index (κ1) is 17.2. The van der Waals surface area contributed by atoms with E-state index < -0.39 is 10.0 Å². The molecule has 136 valence electrons. The van der Waals surface area contributed by atoms with Gasteiger partial charge in [0.15, 0.2) is 0 Å². The Morgan fingerprint density at radius 3 is 2.50 bits per heavy atom. The van der Waals surface area contributed by atoms with Crippen LogP contribution in [0.1, 0.15) is 42.0 Å². The monoisotopic (exact) mass is 370 g/mol. The van der Waals surface area contributed by atoms with Gasteiger partial charge in [-0.2, -0.15) is 0 Å². The van der Waals surface area contributed by atoms with Crippen LogP contribution in [0.15, 0.2) is 47.4 Å². The highest BCUT2D eigenvalue weighted by Gasteiger charge is 2.35. The second kappa shape index (κ2) is 6.52. The van der Waals surface area contributed by atoms with Gasteiger partial charge in [-0.3, -0.25) is 4.79 Å². The van der Waals surface area contributed by atoms with Gasteiger partial charge < -0.3 is 5.32 Å². The Balaban J connectivity index is 1.61. The van der Waals surface area contributed by atoms with Crippen LogP contribution in [0.5, 0.6) is 0 Å². The lowest BCUT2D eigenvalue weighted by Crippen LogP contribution is -2.30. The number of amides is 1. The second-order valence-electron chi connectivity index (χ2n) is 7.21. The number of carbonyl (C=O) groups excluding carboxylic acids is 1. The molecule has 0 unspecified atom stereocenters. The summed E-state index contributed by atoms with van der Waals surface area (Å²) in [6.45, 7) is 2.02. The Morgan fingerprint density at radius 1 is 1.08 bits per heavy atom. The molecule has 2 aromatic carbocycles. The highest BCUT2D eigenvalue weighted by atomic mass is 32.2. The van der Waals surface area contributed by atoms with Gasteiger partial charge in [0, 0.05) is 18.2 Å². The highest BCUT2D eigenvalue weighted by Crippen LogP contribution is 2.42. The third kappa shape index (κ3) is 3.52. The Kier molecular flexibility index (Phi) is 4.32. The molecule has 26 heavy (non-hydrogen) atoms. The molecule has 1 amide bonds. The van der Waals surface area contributed by atoms with E-state index in [1.807, 2.05) is 31.2 Å². The zero-order chi connectivity index (χ0) is 18.3. The quantitative estimate of drug-likeness (QED) is 0.848. The molecule has 6 heteroatoms. The molecule has 0 radical (unpaired) electrons. The standard InChI is InChI=1S/C20H22N2O3S/c1-13-2-4-14(5-3-13)20(15-6-7-15)22-26(24,25)17-9-10-18-16(12-17)8-11-19(23)21-18/h2-5,9-10,12,15,20,22H,6-8,11H2,1H3,(H,21,23)/t20-/m1/s1. The number of rotatable bonds is 5. The Labute approximate surface area is 153 Å². The fraction of sp³-hybridized carbons (Fsp3) is 0.350. The summed E-state index contributed by atoms with van der Waals surface area (Å²) in [4.78, 5) is 11.7. The summed E-state index contributed by atoms with van der Waals surface area (Å²) in [7, 11) is -3.63. The number of hydrogen-bond acceptors (Lipinski definition) is 3. The van der Waals surface area contributed by atoms with Crippen molar-refractivity contribution in [2.24, 2.45) is 5.92 Å². The van der Waals surface area contributed by atoms with E-state index >= 15 is 0 Å². The van der Waals surface area contributed by atoms with Gasteiger partial charge in [-0.25, -0.2) is 13.1 Å². The molecule has 2 aliphatic rings. The van der Waals surface area contributed by atoms with Gasteiger partial charge in [0.1, 0.15) is 0 Å². The summed E-state index contributed by atoms with van der Waals surface area (Å²) in [5, 5.41) is 2.78. The van der Waals surface area contributed by atoms with Crippen LogP contribution in [-0.2, 0) is 21.2 Å². The summed E-state index contributed by atoms with van der Waals surface area (Å²) in [6.07, 6.45) is 3.03. The van der Waals surface area contributed by atoms with E-state index in [0.717, 1.165) is 29.5 Å². The Bertz CT molecular complexity index is 948. The predicted octanol–water partition coefficient (Wildman–Crippen LogP) is 3.31. The summed E-state index contributed by atoms with van der Waals surface area (Å²) < 4.78 is 28.8. The number of hydrogen-bond donors (Lipinski definition) is 2. The van der Waals surface area contributed by atoms with Gasteiger partial charge in [-0.15, -0.1) is 0 Å². The van der Waals surface area contributed by atoms with Crippen LogP contribution in [0.4, 0.5) is 5.69 Å². The van der Waals surface area contributed by atoms with Crippen LogP contribution >= 0.6 is 0 Å². The molecule has 2 aromatic rings. The summed E-state index contributed by atoms with van der Waals surface area (Å²) in [5.41, 5.74) is 3.73. The normalized spacial score (nSPS) is 18.1. The number of anilines is 1. The molecule has 0 aromatic heterocycles. The van der Waals surface area contributed by atoms with Crippen molar-refractivity contribution in [3.05, 3.63) is 59.2 Å². The predicted molar refractivity (Wildman–Crippen MR) is 100 cm³/mol. The van der Waals surface area contributed by atoms with E-state index in [9.17, 15) is 13.2 Å². The van der Waals surface area contributed by atoms with Crippen LogP contribution in [0.25, 0.3) is 0 Å². The maximum atomic E-state index is 13.0. The molecule has 0 spiro atoms. The smallest absolute Gasteiger partial charge is 0.241 e. The summed E-state index contributed by atoms with van der Waals surface area (Å²) in [6, 6.07) is 12.8. The SMILES string of the molecule is Cc1ccc([C@@H](NS(=O)(=O)c2ccc3c(c2)CCC(=O)N3)C2CC2)cc1. The van der Waals surface area contributed by atoms with E-state index in [0.29, 0.717) is 24.4 Å². The van der Waals surface area contributed by atoms with Crippen molar-refractivity contribution in [3.63, 3.8) is 0 Å². The summed E-state index contributed by atoms with van der Waals surface area (Å²) in [5.74, 6) is 0.323. The molecule has 1 atom stereocenters. The molecule has 0 bridgehead atoms. The van der Waals surface area contributed by atoms with E-state index in [1.165, 1.54) is 0 Å². The second-order valence-corrected chi connectivity index (χ2v) is 8.93. The van der Waals surface area contributed by atoms with Crippen LogP contribution in [-0.4, -0.2) is 14.3 Å². The lowest BCUT2D eigenvalue weighted by Gasteiger charge is -2.21. The molecule has 5 nitrogen and oxygen atoms in total. The maximum absolute atomic E-state index is 13.0. The van der Waals surface area contributed by atoms with Gasteiger partial charge >= 0.3 is 0 Å². The number of sulfonamides is 1. The molecule has 4 rings (SSSR count). The summed E-state index contributed by atoms with van der Waals surface area (Å²) >= 11 is 0. The highest BCUT2D eigenvalue weighted by molar-refractivity contribution is 7.89. The number of benzene rings is 2. The van der Waals surface area contributed by atoms with Crippen molar-refractivity contribution in [2.45, 2.75) is 43.5 Å². The first-order chi connectivity index (χ1) is 12.4. The van der Waals surface area contributed by atoms with Gasteiger partial charge in [-0.1, -0.05) is 29.8 Å². The minimum Gasteiger partial charge on any atom is -0.326 e. The van der Waals surface area contributed by atoms with Gasteiger partial charge in [0.25, 0.3) is 0 Å². The minimum absolute atomic E-state index is 0.0283. The molecule has 1 aliphatic heterocycles. The fourth-order valence-corrected chi connectivity index (χ4v) is 4.75. The Hall–Kier alpha value is -2.18. The van der Waals surface area contributed by atoms with Gasteiger partial charge in [0.2, 0.25) is 15.9 Å². The lowest BCUT2D eigenvalue weighted by molar-refractivity contribution is -0.116. The molecule has 1 aliphatic carbocycles. The average Bonchev–Trinajstić information content (AvgIpc) is 3.45. The number of fused-ring (bicyclic) bond motifs is 1. The first-order valence-corrected chi connectivity index (χ1v) is 10.4. The van der Waals surface area contributed by atoms with Crippen LogP contribution in [0, 0.1) is 12.8 Å². The van der Waals surface area contributed by atoms with Gasteiger partial charge in [-0.05, 0) is 61.4 Å². The molecule has 1 fully saturated rings. The van der Waals surface area contributed by atoms with Crippen molar-refractivity contribution < 1.29 is 13.2 Å².